The molecule has 0 aliphatic carbocycles. The van der Waals surface area contributed by atoms with E-state index in [2.05, 4.69) is 6.92 Å². The SMILES string of the molecule is CC[C@@H](N)CCC(C)(C)O. The summed E-state index contributed by atoms with van der Waals surface area (Å²) in [5, 5.41) is 9.31. The number of aliphatic hydroxyl groups is 1. The molecule has 10 heavy (non-hydrogen) atoms. The van der Waals surface area contributed by atoms with Crippen LogP contribution in [-0.2, 0) is 0 Å². The van der Waals surface area contributed by atoms with Crippen molar-refractivity contribution < 1.29 is 5.11 Å². The molecule has 0 saturated carbocycles. The first kappa shape index (κ1) is 9.92. The van der Waals surface area contributed by atoms with Crippen molar-refractivity contribution in [1.29, 1.82) is 0 Å². The van der Waals surface area contributed by atoms with Crippen LogP contribution in [0.2, 0.25) is 0 Å². The Bertz CT molecular complexity index is 85.7. The van der Waals surface area contributed by atoms with Crippen LogP contribution in [0, 0.1) is 0 Å². The van der Waals surface area contributed by atoms with E-state index in [0.717, 1.165) is 19.3 Å². The van der Waals surface area contributed by atoms with E-state index in [0.29, 0.717) is 0 Å². The largest absolute Gasteiger partial charge is 0.390 e. The van der Waals surface area contributed by atoms with Crippen molar-refractivity contribution in [3.63, 3.8) is 0 Å². The van der Waals surface area contributed by atoms with Gasteiger partial charge in [0.2, 0.25) is 0 Å². The number of nitrogens with two attached hydrogens (primary N) is 1. The minimum absolute atomic E-state index is 0.256. The van der Waals surface area contributed by atoms with Crippen molar-refractivity contribution in [2.45, 2.75) is 51.7 Å². The molecular formula is C8H19NO. The molecule has 0 spiro atoms. The Morgan fingerprint density at radius 3 is 2.30 bits per heavy atom. The van der Waals surface area contributed by atoms with Crippen molar-refractivity contribution in [2.24, 2.45) is 5.73 Å². The first-order valence-electron chi connectivity index (χ1n) is 3.93. The van der Waals surface area contributed by atoms with E-state index in [4.69, 9.17) is 5.73 Å². The molecule has 2 nitrogen and oxygen atoms in total. The van der Waals surface area contributed by atoms with Gasteiger partial charge in [0.1, 0.15) is 0 Å². The molecule has 0 radical (unpaired) electrons. The average Bonchev–Trinajstić information content (AvgIpc) is 1.81. The lowest BCUT2D eigenvalue weighted by molar-refractivity contribution is 0.0666. The predicted octanol–water partition coefficient (Wildman–Crippen LogP) is 1.27. The monoisotopic (exact) mass is 145 g/mol. The maximum atomic E-state index is 9.31. The highest BCUT2D eigenvalue weighted by molar-refractivity contribution is 4.69. The maximum Gasteiger partial charge on any atom is 0.0592 e. The topological polar surface area (TPSA) is 46.2 Å². The minimum atomic E-state index is -0.549. The zero-order valence-electron chi connectivity index (χ0n) is 7.22. The Kier molecular flexibility index (Phi) is 3.91. The van der Waals surface area contributed by atoms with Gasteiger partial charge in [-0.15, -0.1) is 0 Å². The first-order valence-corrected chi connectivity index (χ1v) is 3.93. The van der Waals surface area contributed by atoms with Crippen LogP contribution in [-0.4, -0.2) is 16.7 Å². The van der Waals surface area contributed by atoms with Crippen LogP contribution in [0.15, 0.2) is 0 Å². The molecule has 0 amide bonds. The van der Waals surface area contributed by atoms with E-state index in [1.165, 1.54) is 0 Å². The van der Waals surface area contributed by atoms with Gasteiger partial charge in [-0.2, -0.15) is 0 Å². The standard InChI is InChI=1S/C8H19NO/c1-4-7(9)5-6-8(2,3)10/h7,10H,4-6,9H2,1-3H3/t7-/m1/s1. The number of hydrogen-bond donors (Lipinski definition) is 2. The molecule has 62 valence electrons. The van der Waals surface area contributed by atoms with Crippen molar-refractivity contribution in [1.82, 2.24) is 0 Å². The second-order valence-electron chi connectivity index (χ2n) is 3.52. The van der Waals surface area contributed by atoms with Crippen molar-refractivity contribution in [2.75, 3.05) is 0 Å². The Morgan fingerprint density at radius 2 is 2.00 bits per heavy atom. The molecule has 0 aromatic heterocycles. The lowest BCUT2D eigenvalue weighted by atomic mass is 9.99. The van der Waals surface area contributed by atoms with E-state index in [1.807, 2.05) is 13.8 Å². The smallest absolute Gasteiger partial charge is 0.0592 e. The van der Waals surface area contributed by atoms with Gasteiger partial charge in [0.15, 0.2) is 0 Å². The molecule has 0 rings (SSSR count). The summed E-state index contributed by atoms with van der Waals surface area (Å²) in [5.41, 5.74) is 5.12. The molecule has 0 fully saturated rings. The normalized spacial score (nSPS) is 15.3. The molecule has 0 saturated heterocycles. The Labute approximate surface area is 63.4 Å². The van der Waals surface area contributed by atoms with Gasteiger partial charge < -0.3 is 10.8 Å². The third-order valence-corrected chi connectivity index (χ3v) is 1.65. The van der Waals surface area contributed by atoms with Crippen LogP contribution in [0.5, 0.6) is 0 Å². The molecule has 0 unspecified atom stereocenters. The van der Waals surface area contributed by atoms with Gasteiger partial charge in [-0.25, -0.2) is 0 Å². The van der Waals surface area contributed by atoms with E-state index >= 15 is 0 Å². The van der Waals surface area contributed by atoms with Crippen molar-refractivity contribution in [3.8, 4) is 0 Å². The Morgan fingerprint density at radius 1 is 1.50 bits per heavy atom. The van der Waals surface area contributed by atoms with Crippen molar-refractivity contribution in [3.05, 3.63) is 0 Å². The summed E-state index contributed by atoms with van der Waals surface area (Å²) in [4.78, 5) is 0. The Hall–Kier alpha value is -0.0800. The highest BCUT2D eigenvalue weighted by atomic mass is 16.3. The van der Waals surface area contributed by atoms with Crippen LogP contribution in [0.3, 0.4) is 0 Å². The lowest BCUT2D eigenvalue weighted by Gasteiger charge is -2.18. The fourth-order valence-electron chi connectivity index (χ4n) is 0.743. The van der Waals surface area contributed by atoms with Gasteiger partial charge >= 0.3 is 0 Å². The third-order valence-electron chi connectivity index (χ3n) is 1.65. The molecular weight excluding hydrogens is 126 g/mol. The summed E-state index contributed by atoms with van der Waals surface area (Å²) in [6.45, 7) is 5.69. The summed E-state index contributed by atoms with van der Waals surface area (Å²) >= 11 is 0. The van der Waals surface area contributed by atoms with E-state index < -0.39 is 5.60 Å². The van der Waals surface area contributed by atoms with Crippen molar-refractivity contribution >= 4 is 0 Å². The van der Waals surface area contributed by atoms with Gasteiger partial charge in [0, 0.05) is 6.04 Å². The molecule has 0 aliphatic rings. The molecule has 0 bridgehead atoms. The fourth-order valence-corrected chi connectivity index (χ4v) is 0.743. The van der Waals surface area contributed by atoms with Gasteiger partial charge in [-0.1, -0.05) is 6.92 Å². The summed E-state index contributed by atoms with van der Waals surface area (Å²) < 4.78 is 0. The summed E-state index contributed by atoms with van der Waals surface area (Å²) in [7, 11) is 0. The van der Waals surface area contributed by atoms with Crippen LogP contribution in [0.1, 0.15) is 40.0 Å². The highest BCUT2D eigenvalue weighted by Gasteiger charge is 2.13. The molecule has 1 atom stereocenters. The third kappa shape index (κ3) is 6.05. The van der Waals surface area contributed by atoms with Crippen LogP contribution in [0.4, 0.5) is 0 Å². The predicted molar refractivity (Wildman–Crippen MR) is 43.8 cm³/mol. The van der Waals surface area contributed by atoms with E-state index in [9.17, 15) is 5.11 Å². The van der Waals surface area contributed by atoms with Crippen LogP contribution in [0.25, 0.3) is 0 Å². The second-order valence-corrected chi connectivity index (χ2v) is 3.52. The molecule has 0 aromatic carbocycles. The van der Waals surface area contributed by atoms with E-state index in [1.54, 1.807) is 0 Å². The second kappa shape index (κ2) is 3.94. The quantitative estimate of drug-likeness (QED) is 0.626. The zero-order chi connectivity index (χ0) is 8.20. The fraction of sp³-hybridized carbons (Fsp3) is 1.00. The lowest BCUT2D eigenvalue weighted by Crippen LogP contribution is -2.25. The number of rotatable bonds is 4. The maximum absolute atomic E-state index is 9.31. The Balaban J connectivity index is 3.36. The highest BCUT2D eigenvalue weighted by Crippen LogP contribution is 2.12. The van der Waals surface area contributed by atoms with Crippen LogP contribution < -0.4 is 5.73 Å². The van der Waals surface area contributed by atoms with Gasteiger partial charge in [0.25, 0.3) is 0 Å². The van der Waals surface area contributed by atoms with Gasteiger partial charge in [-0.3, -0.25) is 0 Å². The van der Waals surface area contributed by atoms with Gasteiger partial charge in [-0.05, 0) is 33.1 Å². The minimum Gasteiger partial charge on any atom is -0.390 e. The summed E-state index contributed by atoms with van der Waals surface area (Å²) in [6.07, 6.45) is 2.71. The van der Waals surface area contributed by atoms with Gasteiger partial charge in [0.05, 0.1) is 5.60 Å². The van der Waals surface area contributed by atoms with E-state index in [-0.39, 0.29) is 6.04 Å². The zero-order valence-corrected chi connectivity index (χ0v) is 7.22. The van der Waals surface area contributed by atoms with Crippen LogP contribution >= 0.6 is 0 Å². The molecule has 0 aliphatic heterocycles. The molecule has 0 aromatic rings. The molecule has 2 heteroatoms. The summed E-state index contributed by atoms with van der Waals surface area (Å²) in [5.74, 6) is 0. The average molecular weight is 145 g/mol. The molecule has 3 N–H and O–H groups in total. The first-order chi connectivity index (χ1) is 4.45. The molecule has 0 heterocycles. The number of hydrogen-bond acceptors (Lipinski definition) is 2. The summed E-state index contributed by atoms with van der Waals surface area (Å²) in [6, 6.07) is 0.256.